The Morgan fingerprint density at radius 1 is 1.03 bits per heavy atom. The van der Waals surface area contributed by atoms with E-state index in [2.05, 4.69) is 59.2 Å². The van der Waals surface area contributed by atoms with E-state index >= 15 is 0 Å². The van der Waals surface area contributed by atoms with Gasteiger partial charge in [0.15, 0.2) is 11.5 Å². The van der Waals surface area contributed by atoms with Gasteiger partial charge in [-0.1, -0.05) is 0 Å². The fourth-order valence-electron chi connectivity index (χ4n) is 4.66. The number of benzene rings is 1. The number of H-pyrrole nitrogens is 1. The molecule has 0 unspecified atom stereocenters. The first-order valence-corrected chi connectivity index (χ1v) is 11.7. The van der Waals surface area contributed by atoms with E-state index in [1.165, 1.54) is 5.69 Å². The third-order valence-corrected chi connectivity index (χ3v) is 6.71. The lowest BCUT2D eigenvalue weighted by Crippen LogP contribution is -2.46. The predicted octanol–water partition coefficient (Wildman–Crippen LogP) is 1.59. The Morgan fingerprint density at radius 3 is 2.48 bits per heavy atom. The number of fused-ring (bicyclic) bond motifs is 1. The number of piperidine rings is 1. The smallest absolute Gasteiger partial charge is 0.231 e. The Balaban J connectivity index is 1.29. The van der Waals surface area contributed by atoms with Gasteiger partial charge in [-0.05, 0) is 49.6 Å². The number of anilines is 4. The summed E-state index contributed by atoms with van der Waals surface area (Å²) in [6.45, 7) is 6.78. The highest BCUT2D eigenvalue weighted by molar-refractivity contribution is 5.84. The van der Waals surface area contributed by atoms with Crippen LogP contribution in [0.5, 0.6) is 0 Å². The number of imidazole rings is 1. The van der Waals surface area contributed by atoms with Gasteiger partial charge in [0, 0.05) is 50.6 Å². The van der Waals surface area contributed by atoms with E-state index < -0.39 is 0 Å². The third-order valence-electron chi connectivity index (χ3n) is 6.71. The molecule has 0 amide bonds. The minimum Gasteiger partial charge on any atom is -0.369 e. The zero-order chi connectivity index (χ0) is 22.6. The van der Waals surface area contributed by atoms with E-state index in [0.29, 0.717) is 24.1 Å². The number of carbonyl (C=O) groups is 1. The number of aromatic amines is 1. The lowest BCUT2D eigenvalue weighted by atomic mass is 9.97. The van der Waals surface area contributed by atoms with Crippen LogP contribution in [0.15, 0.2) is 30.6 Å². The van der Waals surface area contributed by atoms with Crippen LogP contribution in [0.3, 0.4) is 0 Å². The van der Waals surface area contributed by atoms with Crippen molar-refractivity contribution >= 4 is 40.6 Å². The summed E-state index contributed by atoms with van der Waals surface area (Å²) >= 11 is 0. The van der Waals surface area contributed by atoms with Crippen LogP contribution < -0.4 is 20.9 Å². The van der Waals surface area contributed by atoms with Gasteiger partial charge in [-0.3, -0.25) is 4.90 Å². The maximum Gasteiger partial charge on any atom is 0.231 e. The van der Waals surface area contributed by atoms with Crippen LogP contribution in [-0.4, -0.2) is 83.5 Å². The van der Waals surface area contributed by atoms with Gasteiger partial charge in [-0.25, -0.2) is 4.98 Å². The van der Waals surface area contributed by atoms with Gasteiger partial charge in [-0.15, -0.1) is 0 Å². The van der Waals surface area contributed by atoms with E-state index in [0.717, 1.165) is 82.0 Å². The second kappa shape index (κ2) is 9.72. The molecule has 2 aliphatic rings. The molecule has 0 spiro atoms. The average molecular weight is 450 g/mol. The molecule has 4 N–H and O–H groups in total. The number of hydrogen-bond acceptors (Lipinski definition) is 9. The normalized spacial score (nSPS) is 18.1. The zero-order valence-electron chi connectivity index (χ0n) is 18.8. The maximum atomic E-state index is 10.7. The molecule has 0 atom stereocenters. The molecule has 1 aromatic carbocycles. The molecule has 0 aliphatic carbocycles. The molecule has 0 saturated carbocycles. The van der Waals surface area contributed by atoms with Gasteiger partial charge in [0.25, 0.3) is 0 Å². The number of nitrogens with zero attached hydrogens (tertiary/aromatic N) is 6. The monoisotopic (exact) mass is 449 g/mol. The van der Waals surface area contributed by atoms with Crippen LogP contribution in [-0.2, 0) is 4.79 Å². The number of nitrogens with two attached hydrogens (primary N) is 1. The third kappa shape index (κ3) is 4.76. The molecule has 174 valence electrons. The first-order valence-electron chi connectivity index (χ1n) is 11.7. The number of aromatic nitrogens is 4. The molecule has 10 heteroatoms. The second-order valence-electron chi connectivity index (χ2n) is 8.76. The number of aldehydes is 1. The van der Waals surface area contributed by atoms with Crippen molar-refractivity contribution < 1.29 is 4.79 Å². The van der Waals surface area contributed by atoms with Crippen LogP contribution in [0, 0.1) is 5.92 Å². The SMILES string of the molecule is NCC1CCN(c2nc(Nc3ccc(N4CCN(CC=O)CC4)cc3)nc3nc[nH]c23)CC1. The Bertz CT molecular complexity index is 1070. The Hall–Kier alpha value is -3.24. The van der Waals surface area contributed by atoms with E-state index in [4.69, 9.17) is 10.7 Å². The number of rotatable bonds is 7. The van der Waals surface area contributed by atoms with Crippen molar-refractivity contribution in [1.29, 1.82) is 0 Å². The maximum absolute atomic E-state index is 10.7. The second-order valence-corrected chi connectivity index (χ2v) is 8.76. The number of nitrogens with one attached hydrogen (secondary N) is 2. The fourth-order valence-corrected chi connectivity index (χ4v) is 4.66. The molecule has 5 rings (SSSR count). The number of hydrogen-bond donors (Lipinski definition) is 3. The predicted molar refractivity (Wildman–Crippen MR) is 130 cm³/mol. The Labute approximate surface area is 193 Å². The van der Waals surface area contributed by atoms with Crippen molar-refractivity contribution in [2.24, 2.45) is 11.7 Å². The molecule has 4 heterocycles. The Kier molecular flexibility index (Phi) is 6.36. The van der Waals surface area contributed by atoms with Crippen molar-refractivity contribution in [3.8, 4) is 0 Å². The molecular formula is C23H31N9O. The van der Waals surface area contributed by atoms with E-state index in [1.807, 2.05) is 0 Å². The summed E-state index contributed by atoms with van der Waals surface area (Å²) in [7, 11) is 0. The summed E-state index contributed by atoms with van der Waals surface area (Å²) < 4.78 is 0. The first-order chi connectivity index (χ1) is 16.2. The zero-order valence-corrected chi connectivity index (χ0v) is 18.8. The molecule has 10 nitrogen and oxygen atoms in total. The minimum absolute atomic E-state index is 0.518. The highest BCUT2D eigenvalue weighted by Gasteiger charge is 2.23. The van der Waals surface area contributed by atoms with Crippen molar-refractivity contribution in [3.63, 3.8) is 0 Å². The summed E-state index contributed by atoms with van der Waals surface area (Å²) in [5.41, 5.74) is 9.50. The fraction of sp³-hybridized carbons (Fsp3) is 0.478. The van der Waals surface area contributed by atoms with E-state index in [1.54, 1.807) is 6.33 Å². The summed E-state index contributed by atoms with van der Waals surface area (Å²) in [6, 6.07) is 8.34. The summed E-state index contributed by atoms with van der Waals surface area (Å²) in [5.74, 6) is 2.02. The minimum atomic E-state index is 0.518. The Morgan fingerprint density at radius 2 is 1.79 bits per heavy atom. The largest absolute Gasteiger partial charge is 0.369 e. The van der Waals surface area contributed by atoms with Crippen LogP contribution in [0.25, 0.3) is 11.2 Å². The lowest BCUT2D eigenvalue weighted by molar-refractivity contribution is -0.108. The molecule has 2 aliphatic heterocycles. The van der Waals surface area contributed by atoms with Crippen molar-refractivity contribution in [3.05, 3.63) is 30.6 Å². The van der Waals surface area contributed by atoms with Crippen LogP contribution in [0.1, 0.15) is 12.8 Å². The standard InChI is InChI=1S/C23H31N9O/c24-15-17-5-7-32(8-6-17)22-20-21(26-16-25-20)28-23(29-22)27-18-1-3-19(4-2-18)31-11-9-30(10-12-31)13-14-33/h1-4,14,16-17H,5-13,15,24H2,(H2,25,26,27,28,29). The molecule has 2 fully saturated rings. The van der Waals surface area contributed by atoms with Crippen LogP contribution in [0.2, 0.25) is 0 Å². The van der Waals surface area contributed by atoms with Gasteiger partial charge >= 0.3 is 0 Å². The molecule has 0 bridgehead atoms. The van der Waals surface area contributed by atoms with Gasteiger partial charge in [0.05, 0.1) is 12.9 Å². The van der Waals surface area contributed by atoms with E-state index in [9.17, 15) is 4.79 Å². The molecular weight excluding hydrogens is 418 g/mol. The van der Waals surface area contributed by atoms with Crippen LogP contribution in [0.4, 0.5) is 23.1 Å². The van der Waals surface area contributed by atoms with Gasteiger partial charge in [0.2, 0.25) is 5.95 Å². The number of piperazine rings is 1. The summed E-state index contributed by atoms with van der Waals surface area (Å²) in [6.07, 6.45) is 4.79. The molecule has 2 aromatic heterocycles. The van der Waals surface area contributed by atoms with Crippen molar-refractivity contribution in [1.82, 2.24) is 24.8 Å². The lowest BCUT2D eigenvalue weighted by Gasteiger charge is -2.35. The topological polar surface area (TPSA) is 119 Å². The van der Waals surface area contributed by atoms with Gasteiger partial charge in [-0.2, -0.15) is 9.97 Å². The molecule has 3 aromatic rings. The summed E-state index contributed by atoms with van der Waals surface area (Å²) in [4.78, 5) is 34.6. The number of carbonyl (C=O) groups excluding carboxylic acids is 1. The quantitative estimate of drug-likeness (QED) is 0.462. The average Bonchev–Trinajstić information content (AvgIpc) is 3.34. The molecule has 33 heavy (non-hydrogen) atoms. The van der Waals surface area contributed by atoms with Gasteiger partial charge < -0.3 is 30.6 Å². The summed E-state index contributed by atoms with van der Waals surface area (Å²) in [5, 5.41) is 3.35. The van der Waals surface area contributed by atoms with Crippen LogP contribution >= 0.6 is 0 Å². The highest BCUT2D eigenvalue weighted by atomic mass is 16.1. The highest BCUT2D eigenvalue weighted by Crippen LogP contribution is 2.28. The van der Waals surface area contributed by atoms with Crippen molar-refractivity contribution in [2.45, 2.75) is 12.8 Å². The molecule has 2 saturated heterocycles. The van der Waals surface area contributed by atoms with E-state index in [-0.39, 0.29) is 0 Å². The first kappa shape index (κ1) is 21.6. The van der Waals surface area contributed by atoms with Gasteiger partial charge in [0.1, 0.15) is 11.8 Å². The molecule has 0 radical (unpaired) electrons. The van der Waals surface area contributed by atoms with Crippen molar-refractivity contribution in [2.75, 3.05) is 67.5 Å².